The van der Waals surface area contributed by atoms with E-state index in [0.29, 0.717) is 12.4 Å². The van der Waals surface area contributed by atoms with E-state index in [1.54, 1.807) is 18.7 Å². The van der Waals surface area contributed by atoms with E-state index in [4.69, 9.17) is 9.47 Å². The van der Waals surface area contributed by atoms with Crippen molar-refractivity contribution in [2.45, 2.75) is 12.7 Å². The molecule has 1 atom stereocenters. The highest BCUT2D eigenvalue weighted by molar-refractivity contribution is 7.99. The first kappa shape index (κ1) is 9.61. The average Bonchev–Trinajstić information content (AvgIpc) is 2.05. The molecule has 0 spiro atoms. The van der Waals surface area contributed by atoms with Gasteiger partial charge in [0, 0.05) is 18.8 Å². The van der Waals surface area contributed by atoms with E-state index in [9.17, 15) is 4.79 Å². The van der Waals surface area contributed by atoms with Gasteiger partial charge in [-0.05, 0) is 0 Å². The zero-order valence-corrected chi connectivity index (χ0v) is 7.86. The largest absolute Gasteiger partial charge is 0.429 e. The predicted octanol–water partition coefficient (Wildman–Crippen LogP) is 1.20. The number of esters is 1. The van der Waals surface area contributed by atoms with Crippen LogP contribution in [0.2, 0.25) is 0 Å². The van der Waals surface area contributed by atoms with Crippen LogP contribution >= 0.6 is 11.8 Å². The maximum absolute atomic E-state index is 10.9. The van der Waals surface area contributed by atoms with Gasteiger partial charge >= 0.3 is 5.97 Å². The van der Waals surface area contributed by atoms with Gasteiger partial charge in [-0.3, -0.25) is 0 Å². The zero-order valence-electron chi connectivity index (χ0n) is 7.04. The van der Waals surface area contributed by atoms with Crippen molar-refractivity contribution in [1.29, 1.82) is 0 Å². The maximum Gasteiger partial charge on any atom is 0.332 e. The predicted molar refractivity (Wildman–Crippen MR) is 48.0 cm³/mol. The van der Waals surface area contributed by atoms with Gasteiger partial charge in [-0.15, -0.1) is 0 Å². The van der Waals surface area contributed by atoms with Crippen molar-refractivity contribution in [3.05, 3.63) is 12.7 Å². The smallest absolute Gasteiger partial charge is 0.332 e. The molecule has 0 aromatic rings. The van der Waals surface area contributed by atoms with Crippen molar-refractivity contribution in [2.24, 2.45) is 0 Å². The second-order valence-corrected chi connectivity index (χ2v) is 3.77. The Morgan fingerprint density at radius 1 is 1.83 bits per heavy atom. The third-order valence-corrected chi connectivity index (χ3v) is 2.67. The Labute approximate surface area is 76.1 Å². The first-order valence-electron chi connectivity index (χ1n) is 3.73. The van der Waals surface area contributed by atoms with Crippen LogP contribution in [0, 0.1) is 0 Å². The Morgan fingerprint density at radius 2 is 2.58 bits per heavy atom. The van der Waals surface area contributed by atoms with Crippen molar-refractivity contribution in [3.63, 3.8) is 0 Å². The lowest BCUT2D eigenvalue weighted by Crippen LogP contribution is -2.40. The quantitative estimate of drug-likeness (QED) is 0.482. The number of rotatable bonds is 2. The van der Waals surface area contributed by atoms with Crippen LogP contribution in [0.4, 0.5) is 0 Å². The summed E-state index contributed by atoms with van der Waals surface area (Å²) in [5.74, 6) is 0.460. The summed E-state index contributed by atoms with van der Waals surface area (Å²) >= 11 is 1.72. The molecule has 1 saturated heterocycles. The minimum absolute atomic E-state index is 0.431. The molecule has 1 unspecified atom stereocenters. The molecule has 0 aromatic carbocycles. The molecule has 0 bridgehead atoms. The summed E-state index contributed by atoms with van der Waals surface area (Å²) in [6, 6.07) is 0. The monoisotopic (exact) mass is 188 g/mol. The molecule has 1 aliphatic heterocycles. The molecule has 68 valence electrons. The summed E-state index contributed by atoms with van der Waals surface area (Å²) in [7, 11) is 0. The van der Waals surface area contributed by atoms with E-state index >= 15 is 0 Å². The molecule has 0 radical (unpaired) electrons. The summed E-state index contributed by atoms with van der Waals surface area (Å²) in [6.07, 6.45) is 1.15. The summed E-state index contributed by atoms with van der Waals surface area (Å²) in [5.41, 5.74) is 0. The van der Waals surface area contributed by atoms with Crippen molar-refractivity contribution in [3.8, 4) is 0 Å². The Kier molecular flexibility index (Phi) is 3.17. The minimum atomic E-state index is -0.756. The molecule has 0 N–H and O–H groups in total. The van der Waals surface area contributed by atoms with Gasteiger partial charge in [-0.1, -0.05) is 6.58 Å². The summed E-state index contributed by atoms with van der Waals surface area (Å²) in [6.45, 7) is 5.72. The second-order valence-electron chi connectivity index (χ2n) is 2.66. The topological polar surface area (TPSA) is 35.5 Å². The van der Waals surface area contributed by atoms with E-state index in [-0.39, 0.29) is 0 Å². The average molecular weight is 188 g/mol. The SMILES string of the molecule is C=CC(=O)OC1(C)CSCCO1. The van der Waals surface area contributed by atoms with Crippen molar-refractivity contribution >= 4 is 17.7 Å². The normalized spacial score (nSPS) is 29.4. The molecule has 1 aliphatic rings. The van der Waals surface area contributed by atoms with Gasteiger partial charge in [-0.2, -0.15) is 11.8 Å². The Balaban J connectivity index is 2.46. The van der Waals surface area contributed by atoms with Crippen molar-refractivity contribution in [1.82, 2.24) is 0 Å². The lowest BCUT2D eigenvalue weighted by molar-refractivity contribution is -0.208. The van der Waals surface area contributed by atoms with Gasteiger partial charge in [0.05, 0.1) is 12.4 Å². The van der Waals surface area contributed by atoms with Crippen LogP contribution in [0.1, 0.15) is 6.92 Å². The first-order valence-corrected chi connectivity index (χ1v) is 4.89. The molecule has 0 amide bonds. The van der Waals surface area contributed by atoms with E-state index in [1.165, 1.54) is 0 Å². The molecule has 0 aliphatic carbocycles. The first-order chi connectivity index (χ1) is 5.66. The van der Waals surface area contributed by atoms with E-state index in [0.717, 1.165) is 11.8 Å². The number of carbonyl (C=O) groups is 1. The highest BCUT2D eigenvalue weighted by Crippen LogP contribution is 2.24. The van der Waals surface area contributed by atoms with Crippen LogP contribution in [0.5, 0.6) is 0 Å². The summed E-state index contributed by atoms with van der Waals surface area (Å²) < 4.78 is 10.4. The molecule has 1 fully saturated rings. The fourth-order valence-electron chi connectivity index (χ4n) is 0.929. The van der Waals surface area contributed by atoms with E-state index < -0.39 is 11.8 Å². The Bertz CT molecular complexity index is 185. The molecule has 0 saturated carbocycles. The molecule has 12 heavy (non-hydrogen) atoms. The van der Waals surface area contributed by atoms with Crippen LogP contribution in [0.3, 0.4) is 0 Å². The van der Waals surface area contributed by atoms with E-state index in [1.807, 2.05) is 0 Å². The van der Waals surface area contributed by atoms with Gasteiger partial charge in [0.25, 0.3) is 0 Å². The van der Waals surface area contributed by atoms with E-state index in [2.05, 4.69) is 6.58 Å². The Morgan fingerprint density at radius 3 is 3.08 bits per heavy atom. The summed E-state index contributed by atoms with van der Waals surface area (Å²) in [4.78, 5) is 10.9. The van der Waals surface area contributed by atoms with Crippen LogP contribution < -0.4 is 0 Å². The van der Waals surface area contributed by atoms with Crippen LogP contribution in [-0.2, 0) is 14.3 Å². The molecule has 1 rings (SSSR count). The zero-order chi connectivity index (χ0) is 9.03. The molecular weight excluding hydrogens is 176 g/mol. The minimum Gasteiger partial charge on any atom is -0.429 e. The standard InChI is InChI=1S/C8H12O3S/c1-3-7(9)11-8(2)6-12-5-4-10-8/h3H,1,4-6H2,2H3. The molecular formula is C8H12O3S. The molecule has 4 heteroatoms. The number of thioether (sulfide) groups is 1. The van der Waals surface area contributed by atoms with Gasteiger partial charge in [-0.25, -0.2) is 4.79 Å². The van der Waals surface area contributed by atoms with Gasteiger partial charge in [0.1, 0.15) is 0 Å². The highest BCUT2D eigenvalue weighted by Gasteiger charge is 2.31. The summed E-state index contributed by atoms with van der Waals surface area (Å²) in [5, 5.41) is 0. The second kappa shape index (κ2) is 3.96. The van der Waals surface area contributed by atoms with Crippen molar-refractivity contribution in [2.75, 3.05) is 18.1 Å². The maximum atomic E-state index is 10.9. The lowest BCUT2D eigenvalue weighted by atomic mass is 10.3. The third-order valence-electron chi connectivity index (χ3n) is 1.48. The Hall–Kier alpha value is -0.480. The van der Waals surface area contributed by atoms with Gasteiger partial charge in [0.2, 0.25) is 5.79 Å². The molecule has 3 nitrogen and oxygen atoms in total. The lowest BCUT2D eigenvalue weighted by Gasteiger charge is -2.32. The highest BCUT2D eigenvalue weighted by atomic mass is 32.2. The fourth-order valence-corrected chi connectivity index (χ4v) is 1.79. The molecule has 1 heterocycles. The number of hydrogen-bond donors (Lipinski definition) is 0. The number of ether oxygens (including phenoxy) is 2. The number of carbonyl (C=O) groups excluding carboxylic acids is 1. The van der Waals surface area contributed by atoms with Gasteiger partial charge in [0.15, 0.2) is 0 Å². The molecule has 0 aromatic heterocycles. The van der Waals surface area contributed by atoms with Crippen LogP contribution in [0.25, 0.3) is 0 Å². The van der Waals surface area contributed by atoms with Gasteiger partial charge < -0.3 is 9.47 Å². The van der Waals surface area contributed by atoms with Crippen LogP contribution in [0.15, 0.2) is 12.7 Å². The fraction of sp³-hybridized carbons (Fsp3) is 0.625. The third kappa shape index (κ3) is 2.53. The van der Waals surface area contributed by atoms with Crippen molar-refractivity contribution < 1.29 is 14.3 Å². The van der Waals surface area contributed by atoms with Crippen LogP contribution in [-0.4, -0.2) is 29.9 Å². The number of hydrogen-bond acceptors (Lipinski definition) is 4.